The molecule has 2 rings (SSSR count). The maximum absolute atomic E-state index is 11.8. The zero-order valence-corrected chi connectivity index (χ0v) is 13.1. The van der Waals surface area contributed by atoms with Gasteiger partial charge in [0.2, 0.25) is 0 Å². The van der Waals surface area contributed by atoms with Crippen molar-refractivity contribution in [3.05, 3.63) is 24.3 Å². The van der Waals surface area contributed by atoms with Crippen LogP contribution in [-0.4, -0.2) is 46.6 Å². The summed E-state index contributed by atoms with van der Waals surface area (Å²) in [5, 5.41) is 5.46. The number of carbonyl (C=O) groups excluding carboxylic acids is 1. The summed E-state index contributed by atoms with van der Waals surface area (Å²) in [6.45, 7) is 0.390. The van der Waals surface area contributed by atoms with Gasteiger partial charge in [-0.1, -0.05) is 0 Å². The Bertz CT molecular complexity index is 596. The van der Waals surface area contributed by atoms with Gasteiger partial charge in [0, 0.05) is 32.0 Å². The van der Waals surface area contributed by atoms with E-state index in [0.717, 1.165) is 5.69 Å². The van der Waals surface area contributed by atoms with E-state index in [1.807, 2.05) is 43.3 Å². The molecule has 1 heterocycles. The number of nitrogens with zero attached hydrogens (tertiary/aromatic N) is 1. The first-order chi connectivity index (χ1) is 9.85. The number of hydrogen-bond acceptors (Lipinski definition) is 4. The van der Waals surface area contributed by atoms with Crippen molar-refractivity contribution in [3.8, 4) is 0 Å². The molecule has 0 radical (unpaired) electrons. The summed E-state index contributed by atoms with van der Waals surface area (Å²) in [5.74, 6) is 0.425. The molecule has 2 N–H and O–H groups in total. The molecule has 1 saturated heterocycles. The maximum atomic E-state index is 11.8. The van der Waals surface area contributed by atoms with Crippen LogP contribution < -0.4 is 15.5 Å². The first-order valence-corrected chi connectivity index (χ1v) is 8.70. The van der Waals surface area contributed by atoms with E-state index < -0.39 is 9.84 Å². The molecule has 2 amide bonds. The zero-order chi connectivity index (χ0) is 15.5. The van der Waals surface area contributed by atoms with Crippen molar-refractivity contribution in [1.82, 2.24) is 5.32 Å². The average Bonchev–Trinajstić information content (AvgIpc) is 2.77. The van der Waals surface area contributed by atoms with Crippen molar-refractivity contribution >= 4 is 27.2 Å². The Morgan fingerprint density at radius 1 is 1.29 bits per heavy atom. The first kappa shape index (κ1) is 15.6. The number of hydrogen-bond donors (Lipinski definition) is 2. The van der Waals surface area contributed by atoms with Gasteiger partial charge in [-0.2, -0.15) is 0 Å². The number of benzene rings is 1. The highest BCUT2D eigenvalue weighted by atomic mass is 32.2. The van der Waals surface area contributed by atoms with Crippen LogP contribution in [0.1, 0.15) is 6.42 Å². The zero-order valence-electron chi connectivity index (χ0n) is 12.3. The third-order valence-corrected chi connectivity index (χ3v) is 5.36. The van der Waals surface area contributed by atoms with E-state index in [9.17, 15) is 13.2 Å². The molecule has 21 heavy (non-hydrogen) atoms. The highest BCUT2D eigenvalue weighted by molar-refractivity contribution is 7.91. The maximum Gasteiger partial charge on any atom is 0.319 e. The first-order valence-electron chi connectivity index (χ1n) is 6.88. The number of amides is 2. The van der Waals surface area contributed by atoms with Gasteiger partial charge in [0.25, 0.3) is 0 Å². The molecule has 1 fully saturated rings. The summed E-state index contributed by atoms with van der Waals surface area (Å²) >= 11 is 0. The topological polar surface area (TPSA) is 78.5 Å². The fourth-order valence-corrected chi connectivity index (χ4v) is 4.15. The van der Waals surface area contributed by atoms with Crippen molar-refractivity contribution in [2.75, 3.05) is 42.4 Å². The minimum atomic E-state index is -2.89. The molecule has 0 bridgehead atoms. The lowest BCUT2D eigenvalue weighted by Crippen LogP contribution is -2.33. The Morgan fingerprint density at radius 2 is 1.95 bits per heavy atom. The van der Waals surface area contributed by atoms with Crippen LogP contribution in [-0.2, 0) is 9.84 Å². The molecule has 1 aromatic rings. The lowest BCUT2D eigenvalue weighted by Gasteiger charge is -2.14. The summed E-state index contributed by atoms with van der Waals surface area (Å²) in [7, 11) is 1.01. The quantitative estimate of drug-likeness (QED) is 0.879. The standard InChI is InChI=1S/C14H21N3O3S/c1-17(2)13-5-3-12(4-6-13)16-14(18)15-9-11-7-8-21(19,20)10-11/h3-6,11H,7-10H2,1-2H3,(H2,15,16,18). The summed E-state index contributed by atoms with van der Waals surface area (Å²) in [6, 6.07) is 7.18. The fourth-order valence-electron chi connectivity index (χ4n) is 2.29. The van der Waals surface area contributed by atoms with E-state index in [-0.39, 0.29) is 23.5 Å². The van der Waals surface area contributed by atoms with Gasteiger partial charge in [0.15, 0.2) is 9.84 Å². The molecule has 7 heteroatoms. The van der Waals surface area contributed by atoms with Gasteiger partial charge in [-0.25, -0.2) is 13.2 Å². The summed E-state index contributed by atoms with van der Waals surface area (Å²) in [4.78, 5) is 13.7. The largest absolute Gasteiger partial charge is 0.378 e. The Morgan fingerprint density at radius 3 is 2.48 bits per heavy atom. The van der Waals surface area contributed by atoms with E-state index in [1.54, 1.807) is 0 Å². The number of carbonyl (C=O) groups is 1. The van der Waals surface area contributed by atoms with Crippen LogP contribution in [0, 0.1) is 5.92 Å². The summed E-state index contributed by atoms with van der Waals surface area (Å²) < 4.78 is 22.7. The lowest BCUT2D eigenvalue weighted by molar-refractivity contribution is 0.250. The van der Waals surface area contributed by atoms with Gasteiger partial charge in [-0.05, 0) is 36.6 Å². The van der Waals surface area contributed by atoms with E-state index in [1.165, 1.54) is 0 Å². The molecule has 0 spiro atoms. The van der Waals surface area contributed by atoms with Crippen LogP contribution >= 0.6 is 0 Å². The van der Waals surface area contributed by atoms with Crippen molar-refractivity contribution in [2.45, 2.75) is 6.42 Å². The Kier molecular flexibility index (Phi) is 4.72. The van der Waals surface area contributed by atoms with Gasteiger partial charge in [-0.15, -0.1) is 0 Å². The van der Waals surface area contributed by atoms with E-state index >= 15 is 0 Å². The van der Waals surface area contributed by atoms with Crippen LogP contribution in [0.25, 0.3) is 0 Å². The van der Waals surface area contributed by atoms with E-state index in [4.69, 9.17) is 0 Å². The number of nitrogens with one attached hydrogen (secondary N) is 2. The van der Waals surface area contributed by atoms with Crippen LogP contribution in [0.2, 0.25) is 0 Å². The van der Waals surface area contributed by atoms with Crippen molar-refractivity contribution < 1.29 is 13.2 Å². The third-order valence-electron chi connectivity index (χ3n) is 3.52. The highest BCUT2D eigenvalue weighted by Gasteiger charge is 2.27. The molecule has 6 nitrogen and oxygen atoms in total. The molecule has 0 aliphatic carbocycles. The van der Waals surface area contributed by atoms with Gasteiger partial charge in [0.1, 0.15) is 0 Å². The molecule has 1 aliphatic rings. The predicted molar refractivity (Wildman–Crippen MR) is 84.6 cm³/mol. The number of rotatable bonds is 4. The second-order valence-electron chi connectivity index (χ2n) is 5.55. The fraction of sp³-hybridized carbons (Fsp3) is 0.500. The van der Waals surface area contributed by atoms with Crippen molar-refractivity contribution in [2.24, 2.45) is 5.92 Å². The Balaban J connectivity index is 1.79. The monoisotopic (exact) mass is 311 g/mol. The normalized spacial score (nSPS) is 20.0. The second-order valence-corrected chi connectivity index (χ2v) is 7.77. The summed E-state index contributed by atoms with van der Waals surface area (Å²) in [5.41, 5.74) is 1.76. The molecule has 1 aliphatic heterocycles. The number of anilines is 2. The SMILES string of the molecule is CN(C)c1ccc(NC(=O)NCC2CCS(=O)(=O)C2)cc1. The second kappa shape index (κ2) is 6.34. The van der Waals surface area contributed by atoms with Crippen LogP contribution in [0.4, 0.5) is 16.2 Å². The van der Waals surface area contributed by atoms with Crippen LogP contribution in [0.3, 0.4) is 0 Å². The Labute approximate surface area is 125 Å². The molecule has 116 valence electrons. The van der Waals surface area contributed by atoms with Gasteiger partial charge in [-0.3, -0.25) is 0 Å². The van der Waals surface area contributed by atoms with Crippen LogP contribution in [0.5, 0.6) is 0 Å². The lowest BCUT2D eigenvalue weighted by atomic mass is 10.1. The minimum absolute atomic E-state index is 0.0249. The van der Waals surface area contributed by atoms with Gasteiger partial charge in [0.05, 0.1) is 11.5 Å². The molecular weight excluding hydrogens is 290 g/mol. The van der Waals surface area contributed by atoms with Gasteiger partial charge < -0.3 is 15.5 Å². The minimum Gasteiger partial charge on any atom is -0.378 e. The average molecular weight is 311 g/mol. The molecule has 1 unspecified atom stereocenters. The number of urea groups is 1. The van der Waals surface area contributed by atoms with E-state index in [0.29, 0.717) is 18.7 Å². The van der Waals surface area contributed by atoms with Crippen molar-refractivity contribution in [3.63, 3.8) is 0 Å². The number of sulfone groups is 1. The molecule has 0 aromatic heterocycles. The predicted octanol–water partition coefficient (Wildman–Crippen LogP) is 1.31. The van der Waals surface area contributed by atoms with E-state index in [2.05, 4.69) is 10.6 Å². The molecular formula is C14H21N3O3S. The van der Waals surface area contributed by atoms with Gasteiger partial charge >= 0.3 is 6.03 Å². The third kappa shape index (κ3) is 4.63. The Hall–Kier alpha value is -1.76. The molecule has 0 saturated carbocycles. The highest BCUT2D eigenvalue weighted by Crippen LogP contribution is 2.18. The van der Waals surface area contributed by atoms with Crippen molar-refractivity contribution in [1.29, 1.82) is 0 Å². The van der Waals surface area contributed by atoms with Crippen LogP contribution in [0.15, 0.2) is 24.3 Å². The summed E-state index contributed by atoms with van der Waals surface area (Å²) in [6.07, 6.45) is 0.625. The molecule has 1 atom stereocenters. The molecule has 1 aromatic carbocycles. The smallest absolute Gasteiger partial charge is 0.319 e.